The van der Waals surface area contributed by atoms with Crippen molar-refractivity contribution in [1.29, 1.82) is 0 Å². The molecule has 8 rings (SSSR count). The maximum Gasteiger partial charge on any atom is 3.00 e. The first-order valence-corrected chi connectivity index (χ1v) is 17.8. The van der Waals surface area contributed by atoms with Crippen LogP contribution in [0.25, 0.3) is 32.8 Å². The minimum atomic E-state index is -6.63. The first-order valence-electron chi connectivity index (χ1n) is 14.8. The second-order valence-electron chi connectivity index (χ2n) is 12.7. The number of benzene rings is 3. The fraction of sp³-hybridized carbons (Fsp3) is 0.250. The van der Waals surface area contributed by atoms with Gasteiger partial charge in [0.2, 0.25) is 0 Å². The molecule has 1 aromatic heterocycles. The summed E-state index contributed by atoms with van der Waals surface area (Å²) in [6.07, 6.45) is -15.2. The number of allylic oxidation sites excluding steroid dienone is 1. The minimum absolute atomic E-state index is 0. The number of nitrogens with zero attached hydrogens (tertiary/aromatic N) is 1. The number of aryl methyl sites for hydroxylation is 1. The SMILES string of the molecule is CC1=C2c3cn(-c4ccccc4)cc3C1[Si]2(C)C.Cc1cc2c(-c3ccc(C(C(F)(F)F)(C(F)(F)F)C(F)(F)F)cc3)cccc2[cH-]1.[Cl-].[Cl-].[Zr+3]. The van der Waals surface area contributed by atoms with Gasteiger partial charge in [-0.2, -0.15) is 45.6 Å². The Balaban J connectivity index is 0.000000277. The molecule has 5 aromatic rings. The van der Waals surface area contributed by atoms with E-state index in [-0.39, 0.29) is 68.7 Å². The van der Waals surface area contributed by atoms with Crippen molar-refractivity contribution in [2.75, 3.05) is 0 Å². The van der Waals surface area contributed by atoms with Crippen LogP contribution in [0.2, 0.25) is 13.1 Å². The van der Waals surface area contributed by atoms with Gasteiger partial charge in [-0.05, 0) is 41.3 Å². The standard InChI is InChI=1S/C20H12F9.C16H17NSi.2ClH.Zr/c1-11-9-13-3-2-4-15(16(13)10-11)12-5-7-14(8-6-12)17(18(21,22)23,19(24,25)26)20(27,28)29;1-11-15-13-9-17(12-7-5-4-6-8-12)10-14(13)16(11)18(15,2)3;;;/h2-10H,1H3;4-10,15H,1-3H3;2*1H;/q-1;;;;+3/p-2. The quantitative estimate of drug-likeness (QED) is 0.127. The molecule has 4 aromatic carbocycles. The zero-order valence-corrected chi connectivity index (χ0v) is 31.9. The molecule has 0 fully saturated rings. The smallest absolute Gasteiger partial charge is 1.00 e. The maximum absolute atomic E-state index is 13.2. The third-order valence-corrected chi connectivity index (χ3v) is 13.6. The summed E-state index contributed by atoms with van der Waals surface area (Å²) >= 11 is 0. The van der Waals surface area contributed by atoms with Gasteiger partial charge in [0, 0.05) is 23.6 Å². The Hall–Kier alpha value is -2.66. The summed E-state index contributed by atoms with van der Waals surface area (Å²) in [6.45, 7) is 9.14. The number of para-hydroxylation sites is 1. The second-order valence-corrected chi connectivity index (χ2v) is 17.3. The third-order valence-electron chi connectivity index (χ3n) is 9.48. The van der Waals surface area contributed by atoms with E-state index in [1.54, 1.807) is 47.5 Å². The van der Waals surface area contributed by atoms with Crippen LogP contribution < -0.4 is 24.8 Å². The van der Waals surface area contributed by atoms with Crippen LogP contribution in [0.3, 0.4) is 0 Å². The van der Waals surface area contributed by atoms with Crippen LogP contribution in [0.5, 0.6) is 0 Å². The summed E-state index contributed by atoms with van der Waals surface area (Å²) in [5, 5.41) is 3.20. The van der Waals surface area contributed by atoms with E-state index < -0.39 is 37.6 Å². The van der Waals surface area contributed by atoms with Crippen molar-refractivity contribution < 1.29 is 90.5 Å². The van der Waals surface area contributed by atoms with Gasteiger partial charge in [0.05, 0.1) is 8.07 Å². The molecule has 263 valence electrons. The number of halogens is 11. The van der Waals surface area contributed by atoms with E-state index in [2.05, 4.69) is 67.3 Å². The number of hydrogen-bond donors (Lipinski definition) is 0. The number of hydrogen-bond acceptors (Lipinski definition) is 0. The van der Waals surface area contributed by atoms with Crippen molar-refractivity contribution in [1.82, 2.24) is 4.57 Å². The molecule has 14 heteroatoms. The molecule has 0 spiro atoms. The van der Waals surface area contributed by atoms with Crippen LogP contribution in [-0.2, 0) is 31.6 Å². The molecule has 3 aliphatic rings. The summed E-state index contributed by atoms with van der Waals surface area (Å²) in [4.78, 5) is 0. The van der Waals surface area contributed by atoms with Gasteiger partial charge in [0.15, 0.2) is 0 Å². The molecular formula is C36H29Cl2F9NSiZr. The molecule has 1 aliphatic carbocycles. The second kappa shape index (κ2) is 14.1. The topological polar surface area (TPSA) is 4.93 Å². The van der Waals surface area contributed by atoms with Crippen LogP contribution in [-0.4, -0.2) is 31.2 Å². The Kier molecular flexibility index (Phi) is 11.7. The van der Waals surface area contributed by atoms with E-state index >= 15 is 0 Å². The Morgan fingerprint density at radius 2 is 1.24 bits per heavy atom. The van der Waals surface area contributed by atoms with Crippen LogP contribution in [0.1, 0.15) is 34.7 Å². The van der Waals surface area contributed by atoms with Crippen molar-refractivity contribution in [2.24, 2.45) is 0 Å². The molecule has 50 heavy (non-hydrogen) atoms. The minimum Gasteiger partial charge on any atom is -1.00 e. The molecule has 2 aliphatic heterocycles. The molecule has 0 saturated carbocycles. The zero-order valence-electron chi connectivity index (χ0n) is 26.9. The summed E-state index contributed by atoms with van der Waals surface area (Å²) in [5.41, 5.74) is 0.488. The van der Waals surface area contributed by atoms with E-state index in [4.69, 9.17) is 0 Å². The van der Waals surface area contributed by atoms with E-state index in [1.807, 2.05) is 6.07 Å². The molecule has 1 unspecified atom stereocenters. The average Bonchev–Trinajstić information content (AvgIpc) is 3.67. The first kappa shape index (κ1) is 41.8. The van der Waals surface area contributed by atoms with Crippen molar-refractivity contribution in [3.8, 4) is 16.8 Å². The van der Waals surface area contributed by atoms with Gasteiger partial charge >= 0.3 is 44.7 Å². The molecule has 1 atom stereocenters. The van der Waals surface area contributed by atoms with E-state index in [0.29, 0.717) is 10.9 Å². The third kappa shape index (κ3) is 6.37. The Morgan fingerprint density at radius 1 is 0.680 bits per heavy atom. The average molecular weight is 837 g/mol. The Bertz CT molecular complexity index is 1970. The first-order chi connectivity index (χ1) is 21.8. The van der Waals surface area contributed by atoms with Crippen LogP contribution in [0, 0.1) is 6.92 Å². The Labute approximate surface area is 315 Å². The van der Waals surface area contributed by atoms with Gasteiger partial charge in [-0.15, -0.1) is 34.5 Å². The fourth-order valence-electron chi connectivity index (χ4n) is 7.61. The molecule has 2 bridgehead atoms. The van der Waals surface area contributed by atoms with Crippen LogP contribution >= 0.6 is 0 Å². The normalized spacial score (nSPS) is 16.3. The van der Waals surface area contributed by atoms with Crippen molar-refractivity contribution in [3.05, 3.63) is 125 Å². The largest absolute Gasteiger partial charge is 3.00 e. The van der Waals surface area contributed by atoms with Crippen molar-refractivity contribution in [2.45, 2.75) is 56.4 Å². The predicted octanol–water partition coefficient (Wildman–Crippen LogP) is 5.61. The summed E-state index contributed by atoms with van der Waals surface area (Å²) < 4.78 is 122. The van der Waals surface area contributed by atoms with Crippen molar-refractivity contribution >= 4 is 24.0 Å². The van der Waals surface area contributed by atoms with Gasteiger partial charge in [0.1, 0.15) is 0 Å². The monoisotopic (exact) mass is 834 g/mol. The van der Waals surface area contributed by atoms with E-state index in [0.717, 1.165) is 28.6 Å². The van der Waals surface area contributed by atoms with Crippen LogP contribution in [0.4, 0.5) is 39.5 Å². The van der Waals surface area contributed by atoms with Crippen LogP contribution in [0.15, 0.2) is 103 Å². The zero-order chi connectivity index (χ0) is 34.3. The number of fused-ring (bicyclic) bond motifs is 1. The summed E-state index contributed by atoms with van der Waals surface area (Å²) in [6, 6.07) is 21.3. The molecule has 1 radical (unpaired) electrons. The predicted molar refractivity (Wildman–Crippen MR) is 168 cm³/mol. The van der Waals surface area contributed by atoms with Gasteiger partial charge in [-0.25, -0.2) is 0 Å². The molecule has 1 nitrogen and oxygen atoms in total. The molecular weight excluding hydrogens is 808 g/mol. The van der Waals surface area contributed by atoms with Gasteiger partial charge in [-0.1, -0.05) is 84.9 Å². The fourth-order valence-corrected chi connectivity index (χ4v) is 12.0. The molecule has 0 amide bonds. The van der Waals surface area contributed by atoms with Gasteiger partial charge in [0.25, 0.3) is 5.41 Å². The van der Waals surface area contributed by atoms with E-state index in [1.165, 1.54) is 11.3 Å². The maximum atomic E-state index is 13.2. The number of rotatable bonds is 3. The van der Waals surface area contributed by atoms with Crippen molar-refractivity contribution in [3.63, 3.8) is 0 Å². The summed E-state index contributed by atoms with van der Waals surface area (Å²) in [7, 11) is -1.12. The molecule has 0 N–H and O–H groups in total. The molecule has 3 heterocycles. The Morgan fingerprint density at radius 3 is 1.74 bits per heavy atom. The summed E-state index contributed by atoms with van der Waals surface area (Å²) in [5.74, 6) is 0. The van der Waals surface area contributed by atoms with E-state index in [9.17, 15) is 39.5 Å². The molecule has 0 saturated heterocycles. The number of aromatic nitrogens is 1. The van der Waals surface area contributed by atoms with Gasteiger partial charge in [-0.3, -0.25) is 0 Å². The van der Waals surface area contributed by atoms with Gasteiger partial charge < -0.3 is 29.4 Å². The number of alkyl halides is 9.